The van der Waals surface area contributed by atoms with Crippen molar-refractivity contribution in [1.29, 1.82) is 5.26 Å². The average Bonchev–Trinajstić information content (AvgIpc) is 3.20. The summed E-state index contributed by atoms with van der Waals surface area (Å²) < 4.78 is 0. The number of nitrogens with one attached hydrogen (secondary N) is 2. The number of likely N-dealkylation sites (tertiary alicyclic amines) is 1. The summed E-state index contributed by atoms with van der Waals surface area (Å²) >= 11 is 0. The van der Waals surface area contributed by atoms with Crippen LogP contribution in [0.3, 0.4) is 0 Å². The third-order valence-electron chi connectivity index (χ3n) is 5.22. The lowest BCUT2D eigenvalue weighted by molar-refractivity contribution is -0.143. The first-order valence-corrected chi connectivity index (χ1v) is 8.81. The topological polar surface area (TPSA) is 115 Å². The Morgan fingerprint density at radius 3 is 2.82 bits per heavy atom. The van der Waals surface area contributed by atoms with Gasteiger partial charge in [-0.1, -0.05) is 24.3 Å². The van der Waals surface area contributed by atoms with Gasteiger partial charge in [0.05, 0.1) is 11.5 Å². The van der Waals surface area contributed by atoms with E-state index in [1.807, 2.05) is 12.1 Å². The summed E-state index contributed by atoms with van der Waals surface area (Å²) in [4.78, 5) is 43.2. The maximum atomic E-state index is 12.8. The number of anilines is 2. The number of hydrogen-bond donors (Lipinski definition) is 2. The Hall–Kier alpha value is -3.73. The van der Waals surface area contributed by atoms with Crippen LogP contribution in [0.25, 0.3) is 0 Å². The number of para-hydroxylation sites is 1. The molecule has 140 valence electrons. The van der Waals surface area contributed by atoms with Crippen LogP contribution in [0.15, 0.2) is 42.5 Å². The number of nitriles is 1. The lowest BCUT2D eigenvalue weighted by atomic mass is 9.80. The van der Waals surface area contributed by atoms with Crippen LogP contribution >= 0.6 is 0 Å². The second kappa shape index (κ2) is 6.46. The minimum Gasteiger partial charge on any atom is -0.325 e. The number of pyridine rings is 1. The highest BCUT2D eigenvalue weighted by molar-refractivity contribution is 6.39. The largest absolute Gasteiger partial charge is 0.325 e. The fraction of sp³-hybridized carbons (Fsp3) is 0.250. The van der Waals surface area contributed by atoms with Crippen LogP contribution < -0.4 is 10.6 Å². The molecule has 0 unspecified atom stereocenters. The van der Waals surface area contributed by atoms with E-state index >= 15 is 0 Å². The van der Waals surface area contributed by atoms with Gasteiger partial charge in [-0.3, -0.25) is 14.4 Å². The van der Waals surface area contributed by atoms with Gasteiger partial charge in [-0.05, 0) is 30.7 Å². The molecule has 0 radical (unpaired) electrons. The Balaban J connectivity index is 1.60. The van der Waals surface area contributed by atoms with E-state index in [4.69, 9.17) is 0 Å². The fourth-order valence-electron chi connectivity index (χ4n) is 3.88. The average molecular weight is 375 g/mol. The monoisotopic (exact) mass is 375 g/mol. The summed E-state index contributed by atoms with van der Waals surface area (Å²) in [6.07, 6.45) is 0.147. The zero-order valence-electron chi connectivity index (χ0n) is 15.1. The molecule has 2 aliphatic heterocycles. The third kappa shape index (κ3) is 2.68. The lowest BCUT2D eigenvalue weighted by Crippen LogP contribution is -2.44. The summed E-state index contributed by atoms with van der Waals surface area (Å²) in [6.45, 7) is 1.74. The zero-order chi connectivity index (χ0) is 19.9. The van der Waals surface area contributed by atoms with Crippen LogP contribution in [-0.4, -0.2) is 40.2 Å². The molecule has 0 saturated carbocycles. The summed E-state index contributed by atoms with van der Waals surface area (Å²) in [6, 6.07) is 13.4. The van der Waals surface area contributed by atoms with Gasteiger partial charge in [0, 0.05) is 24.3 Å². The molecule has 2 aliphatic rings. The number of aromatic nitrogens is 1. The number of carbonyl (C=O) groups is 3. The molecule has 3 amide bonds. The Bertz CT molecular complexity index is 1040. The van der Waals surface area contributed by atoms with Crippen LogP contribution in [0, 0.1) is 18.3 Å². The fourth-order valence-corrected chi connectivity index (χ4v) is 3.88. The summed E-state index contributed by atoms with van der Waals surface area (Å²) in [7, 11) is 0. The second-order valence-corrected chi connectivity index (χ2v) is 6.98. The number of nitrogens with zero attached hydrogens (tertiary/aromatic N) is 3. The number of hydrogen-bond acceptors (Lipinski definition) is 5. The molecule has 1 fully saturated rings. The first kappa shape index (κ1) is 17.7. The van der Waals surface area contributed by atoms with Gasteiger partial charge in [0.15, 0.2) is 0 Å². The Morgan fingerprint density at radius 1 is 1.29 bits per heavy atom. The molecule has 1 aromatic heterocycles. The summed E-state index contributed by atoms with van der Waals surface area (Å²) in [5.41, 5.74) is 1.09. The molecular formula is C20H17N5O3. The molecule has 3 heterocycles. The zero-order valence-corrected chi connectivity index (χ0v) is 15.1. The molecule has 0 aliphatic carbocycles. The smallest absolute Gasteiger partial charge is 0.315 e. The lowest BCUT2D eigenvalue weighted by Gasteiger charge is -2.22. The van der Waals surface area contributed by atoms with Gasteiger partial charge < -0.3 is 15.5 Å². The van der Waals surface area contributed by atoms with Crippen molar-refractivity contribution in [3.63, 3.8) is 0 Å². The molecule has 8 nitrogen and oxygen atoms in total. The number of rotatable bonds is 1. The number of benzene rings is 1. The molecule has 2 aromatic rings. The van der Waals surface area contributed by atoms with Gasteiger partial charge in [0.2, 0.25) is 5.91 Å². The normalized spacial score (nSPS) is 22.5. The van der Waals surface area contributed by atoms with E-state index in [2.05, 4.69) is 21.7 Å². The van der Waals surface area contributed by atoms with Crippen molar-refractivity contribution < 1.29 is 14.4 Å². The van der Waals surface area contributed by atoms with Gasteiger partial charge in [-0.15, -0.1) is 0 Å². The van der Waals surface area contributed by atoms with E-state index in [1.165, 1.54) is 4.90 Å². The number of carbonyl (C=O) groups excluding carboxylic acids is 3. The van der Waals surface area contributed by atoms with E-state index in [1.54, 1.807) is 37.3 Å². The highest BCUT2D eigenvalue weighted by Crippen LogP contribution is 2.46. The molecule has 28 heavy (non-hydrogen) atoms. The number of fused-ring (bicyclic) bond motifs is 2. The van der Waals surface area contributed by atoms with Crippen LogP contribution in [0.5, 0.6) is 0 Å². The second-order valence-electron chi connectivity index (χ2n) is 6.98. The summed E-state index contributed by atoms with van der Waals surface area (Å²) in [5, 5.41) is 14.8. The quantitative estimate of drug-likeness (QED) is 0.730. The van der Waals surface area contributed by atoms with Crippen LogP contribution in [0.2, 0.25) is 0 Å². The molecule has 1 saturated heterocycles. The van der Waals surface area contributed by atoms with E-state index in [0.29, 0.717) is 11.4 Å². The molecule has 2 atom stereocenters. The summed E-state index contributed by atoms with van der Waals surface area (Å²) in [5.74, 6) is -1.75. The van der Waals surface area contributed by atoms with Gasteiger partial charge in [-0.25, -0.2) is 4.98 Å². The highest BCUT2D eigenvalue weighted by Gasteiger charge is 2.56. The first-order valence-electron chi connectivity index (χ1n) is 8.81. The minimum atomic E-state index is -1.02. The van der Waals surface area contributed by atoms with Crippen molar-refractivity contribution >= 4 is 29.2 Å². The maximum Gasteiger partial charge on any atom is 0.315 e. The van der Waals surface area contributed by atoms with E-state index in [9.17, 15) is 19.6 Å². The van der Waals surface area contributed by atoms with Crippen molar-refractivity contribution in [2.75, 3.05) is 17.2 Å². The van der Waals surface area contributed by atoms with Crippen LogP contribution in [0.1, 0.15) is 17.7 Å². The SMILES string of the molecule is Cc1cccc(NC(=O)C(=O)N2C[C@]3(C[C@H]2C#N)C(=O)Nc2ccccc23)n1. The van der Waals surface area contributed by atoms with Crippen molar-refractivity contribution in [1.82, 2.24) is 9.88 Å². The van der Waals surface area contributed by atoms with E-state index < -0.39 is 23.3 Å². The highest BCUT2D eigenvalue weighted by atomic mass is 16.2. The molecule has 4 rings (SSSR count). The van der Waals surface area contributed by atoms with Crippen molar-refractivity contribution in [3.8, 4) is 6.07 Å². The van der Waals surface area contributed by atoms with E-state index in [-0.39, 0.29) is 24.7 Å². The molecule has 1 spiro atoms. The number of amides is 3. The van der Waals surface area contributed by atoms with Gasteiger partial charge >= 0.3 is 11.8 Å². The maximum absolute atomic E-state index is 12.8. The molecule has 2 N–H and O–H groups in total. The molecule has 0 bridgehead atoms. The Morgan fingerprint density at radius 2 is 2.07 bits per heavy atom. The Labute approximate surface area is 161 Å². The standard InChI is InChI=1S/C20H17N5O3/c1-12-5-4-8-16(22-12)24-17(26)18(27)25-11-20(9-13(25)10-21)14-6-2-3-7-15(14)23-19(20)28/h2-8,13H,9,11H2,1H3,(H,23,28)(H,22,24,26)/t13-,20-/m0/s1. The van der Waals surface area contributed by atoms with Crippen LogP contribution in [0.4, 0.5) is 11.5 Å². The number of aryl methyl sites for hydroxylation is 1. The van der Waals surface area contributed by atoms with Crippen molar-refractivity contribution in [2.24, 2.45) is 0 Å². The van der Waals surface area contributed by atoms with Crippen molar-refractivity contribution in [2.45, 2.75) is 24.8 Å². The van der Waals surface area contributed by atoms with Gasteiger partial charge in [0.1, 0.15) is 11.9 Å². The Kier molecular flexibility index (Phi) is 4.08. The predicted molar refractivity (Wildman–Crippen MR) is 100 cm³/mol. The van der Waals surface area contributed by atoms with Gasteiger partial charge in [-0.2, -0.15) is 5.26 Å². The van der Waals surface area contributed by atoms with Crippen molar-refractivity contribution in [3.05, 3.63) is 53.7 Å². The van der Waals surface area contributed by atoms with Gasteiger partial charge in [0.25, 0.3) is 0 Å². The minimum absolute atomic E-state index is 0.0262. The predicted octanol–water partition coefficient (Wildman–Crippen LogP) is 1.34. The third-order valence-corrected chi connectivity index (χ3v) is 5.22. The molecule has 8 heteroatoms. The van der Waals surface area contributed by atoms with Crippen LogP contribution in [-0.2, 0) is 19.8 Å². The first-order chi connectivity index (χ1) is 13.4. The van der Waals surface area contributed by atoms with E-state index in [0.717, 1.165) is 5.56 Å². The molecular weight excluding hydrogens is 358 g/mol. The molecule has 1 aromatic carbocycles.